The molecule has 0 atom stereocenters. The molecule has 0 saturated heterocycles. The fraction of sp³-hybridized carbons (Fsp3) is 0.286. The van der Waals surface area contributed by atoms with Crippen LogP contribution in [0.4, 0.5) is 5.69 Å². The van der Waals surface area contributed by atoms with E-state index >= 15 is 0 Å². The minimum Gasteiger partial charge on any atom is -0.333 e. The SMILES string of the molecule is CCCN(CC(=O)Nc1ccccc1C)C(=O)CCCN1C(=O)c2cccc3cccc(c23)C1=O. The molecular weight excluding hydrogens is 442 g/mol. The summed E-state index contributed by atoms with van der Waals surface area (Å²) in [5.41, 5.74) is 2.68. The minimum absolute atomic E-state index is 0.0437. The van der Waals surface area contributed by atoms with Gasteiger partial charge in [-0.2, -0.15) is 0 Å². The number of carbonyl (C=O) groups is 4. The number of hydrogen-bond donors (Lipinski definition) is 1. The number of benzene rings is 3. The Morgan fingerprint density at radius 2 is 1.57 bits per heavy atom. The first-order valence-corrected chi connectivity index (χ1v) is 11.9. The van der Waals surface area contributed by atoms with E-state index in [1.54, 1.807) is 12.1 Å². The van der Waals surface area contributed by atoms with Crippen LogP contribution in [0.1, 0.15) is 52.5 Å². The Morgan fingerprint density at radius 1 is 0.914 bits per heavy atom. The normalized spacial score (nSPS) is 12.7. The van der Waals surface area contributed by atoms with Gasteiger partial charge >= 0.3 is 0 Å². The second-order valence-corrected chi connectivity index (χ2v) is 8.75. The summed E-state index contributed by atoms with van der Waals surface area (Å²) < 4.78 is 0. The molecule has 0 unspecified atom stereocenters. The lowest BCUT2D eigenvalue weighted by Crippen LogP contribution is -2.42. The number of amides is 4. The predicted molar refractivity (Wildman–Crippen MR) is 135 cm³/mol. The van der Waals surface area contributed by atoms with Crippen molar-refractivity contribution in [2.24, 2.45) is 0 Å². The molecule has 1 N–H and O–H groups in total. The molecule has 1 aliphatic rings. The Bertz CT molecular complexity index is 1250. The summed E-state index contributed by atoms with van der Waals surface area (Å²) in [5, 5.41) is 4.41. The molecule has 0 aliphatic carbocycles. The first-order valence-electron chi connectivity index (χ1n) is 11.9. The molecule has 7 nitrogen and oxygen atoms in total. The van der Waals surface area contributed by atoms with Crippen molar-refractivity contribution < 1.29 is 19.2 Å². The molecule has 0 spiro atoms. The van der Waals surface area contributed by atoms with Gasteiger partial charge in [0, 0.05) is 41.7 Å². The Hall–Kier alpha value is -4.00. The topological polar surface area (TPSA) is 86.8 Å². The maximum absolute atomic E-state index is 13.0. The number of hydrogen-bond acceptors (Lipinski definition) is 4. The van der Waals surface area contributed by atoms with Crippen LogP contribution < -0.4 is 5.32 Å². The van der Waals surface area contributed by atoms with Gasteiger partial charge in [0.2, 0.25) is 11.8 Å². The van der Waals surface area contributed by atoms with Crippen molar-refractivity contribution in [3.63, 3.8) is 0 Å². The number of para-hydroxylation sites is 1. The van der Waals surface area contributed by atoms with Crippen LogP contribution in [0.25, 0.3) is 10.8 Å². The third-order valence-corrected chi connectivity index (χ3v) is 6.23. The summed E-state index contributed by atoms with van der Waals surface area (Å²) in [4.78, 5) is 54.3. The summed E-state index contributed by atoms with van der Waals surface area (Å²) in [6.07, 6.45) is 1.18. The van der Waals surface area contributed by atoms with Gasteiger partial charge in [-0.05, 0) is 48.9 Å². The van der Waals surface area contributed by atoms with Gasteiger partial charge in [0.1, 0.15) is 0 Å². The molecule has 3 aromatic carbocycles. The highest BCUT2D eigenvalue weighted by atomic mass is 16.2. The zero-order valence-corrected chi connectivity index (χ0v) is 20.0. The van der Waals surface area contributed by atoms with Crippen molar-refractivity contribution in [3.8, 4) is 0 Å². The monoisotopic (exact) mass is 471 g/mol. The molecule has 35 heavy (non-hydrogen) atoms. The molecule has 0 fully saturated rings. The average molecular weight is 472 g/mol. The van der Waals surface area contributed by atoms with Gasteiger partial charge < -0.3 is 10.2 Å². The molecule has 1 heterocycles. The van der Waals surface area contributed by atoms with Crippen LogP contribution in [0, 0.1) is 6.92 Å². The molecule has 0 radical (unpaired) electrons. The first kappa shape index (κ1) is 24.1. The summed E-state index contributed by atoms with van der Waals surface area (Å²) in [7, 11) is 0. The van der Waals surface area contributed by atoms with E-state index in [0.717, 1.165) is 16.6 Å². The second kappa shape index (κ2) is 10.5. The van der Waals surface area contributed by atoms with E-state index in [0.29, 0.717) is 35.9 Å². The van der Waals surface area contributed by atoms with Crippen molar-refractivity contribution >= 4 is 40.1 Å². The molecule has 0 bridgehead atoms. The average Bonchev–Trinajstić information content (AvgIpc) is 2.85. The lowest BCUT2D eigenvalue weighted by atomic mass is 9.94. The number of carbonyl (C=O) groups excluding carboxylic acids is 4. The van der Waals surface area contributed by atoms with E-state index in [-0.39, 0.29) is 43.1 Å². The van der Waals surface area contributed by atoms with Crippen LogP contribution in [-0.2, 0) is 9.59 Å². The zero-order valence-electron chi connectivity index (χ0n) is 20.0. The molecule has 1 aliphatic heterocycles. The van der Waals surface area contributed by atoms with Gasteiger partial charge in [-0.1, -0.05) is 49.4 Å². The quantitative estimate of drug-likeness (QED) is 0.469. The lowest BCUT2D eigenvalue weighted by molar-refractivity contribution is -0.134. The molecule has 7 heteroatoms. The van der Waals surface area contributed by atoms with Crippen molar-refractivity contribution in [1.82, 2.24) is 9.80 Å². The standard InChI is InChI=1S/C28H29N3O4/c1-3-16-30(18-24(32)29-23-14-5-4-9-19(23)2)25(33)15-8-17-31-27(34)21-12-6-10-20-11-7-13-22(26(20)21)28(31)35/h4-7,9-14H,3,8,15-18H2,1-2H3,(H,29,32). The van der Waals surface area contributed by atoms with E-state index in [1.165, 1.54) is 9.80 Å². The Labute approximate surface area is 204 Å². The number of nitrogens with one attached hydrogen (secondary N) is 1. The number of imide groups is 1. The van der Waals surface area contributed by atoms with Crippen LogP contribution in [0.5, 0.6) is 0 Å². The van der Waals surface area contributed by atoms with E-state index in [9.17, 15) is 19.2 Å². The summed E-state index contributed by atoms with van der Waals surface area (Å²) in [6, 6.07) is 18.3. The molecule has 0 aromatic heterocycles. The van der Waals surface area contributed by atoms with Crippen LogP contribution in [0.3, 0.4) is 0 Å². The highest BCUT2D eigenvalue weighted by Crippen LogP contribution is 2.30. The predicted octanol–water partition coefficient (Wildman–Crippen LogP) is 4.40. The van der Waals surface area contributed by atoms with Crippen LogP contribution in [0.15, 0.2) is 60.7 Å². The number of anilines is 1. The zero-order chi connectivity index (χ0) is 24.9. The first-order chi connectivity index (χ1) is 16.9. The van der Waals surface area contributed by atoms with Gasteiger partial charge in [-0.3, -0.25) is 24.1 Å². The van der Waals surface area contributed by atoms with Gasteiger partial charge in [0.05, 0.1) is 6.54 Å². The fourth-order valence-electron chi connectivity index (χ4n) is 4.47. The smallest absolute Gasteiger partial charge is 0.261 e. The van der Waals surface area contributed by atoms with Crippen LogP contribution in [-0.4, -0.2) is 53.1 Å². The maximum atomic E-state index is 13.0. The van der Waals surface area contributed by atoms with Gasteiger partial charge in [-0.15, -0.1) is 0 Å². The highest BCUT2D eigenvalue weighted by Gasteiger charge is 2.32. The summed E-state index contributed by atoms with van der Waals surface area (Å²) >= 11 is 0. The third kappa shape index (κ3) is 5.09. The van der Waals surface area contributed by atoms with Crippen LogP contribution in [0.2, 0.25) is 0 Å². The maximum Gasteiger partial charge on any atom is 0.261 e. The van der Waals surface area contributed by atoms with Crippen molar-refractivity contribution in [2.45, 2.75) is 33.1 Å². The lowest BCUT2D eigenvalue weighted by Gasteiger charge is -2.27. The van der Waals surface area contributed by atoms with Gasteiger partial charge in [-0.25, -0.2) is 0 Å². The Kier molecular flexibility index (Phi) is 7.25. The molecule has 3 aromatic rings. The summed E-state index contributed by atoms with van der Waals surface area (Å²) in [5.74, 6) is -1.11. The minimum atomic E-state index is -0.338. The van der Waals surface area contributed by atoms with Crippen molar-refractivity contribution in [3.05, 3.63) is 77.4 Å². The fourth-order valence-corrected chi connectivity index (χ4v) is 4.47. The third-order valence-electron chi connectivity index (χ3n) is 6.23. The van der Waals surface area contributed by atoms with Gasteiger partial charge in [0.15, 0.2) is 0 Å². The molecule has 180 valence electrons. The van der Waals surface area contributed by atoms with Crippen LogP contribution >= 0.6 is 0 Å². The van der Waals surface area contributed by atoms with E-state index < -0.39 is 0 Å². The highest BCUT2D eigenvalue weighted by molar-refractivity contribution is 6.25. The Morgan fingerprint density at radius 3 is 2.20 bits per heavy atom. The Balaban J connectivity index is 1.37. The molecule has 4 rings (SSSR count). The summed E-state index contributed by atoms with van der Waals surface area (Å²) in [6.45, 7) is 4.41. The molecule has 4 amide bonds. The number of aryl methyl sites for hydroxylation is 1. The number of nitrogens with zero attached hydrogens (tertiary/aromatic N) is 2. The van der Waals surface area contributed by atoms with E-state index in [4.69, 9.17) is 0 Å². The largest absolute Gasteiger partial charge is 0.333 e. The number of rotatable bonds is 9. The van der Waals surface area contributed by atoms with Crippen molar-refractivity contribution in [1.29, 1.82) is 0 Å². The molecular formula is C28H29N3O4. The molecule has 0 saturated carbocycles. The van der Waals surface area contributed by atoms with E-state index in [1.807, 2.05) is 62.4 Å². The van der Waals surface area contributed by atoms with Crippen molar-refractivity contribution in [2.75, 3.05) is 25.0 Å². The van der Waals surface area contributed by atoms with Gasteiger partial charge in [0.25, 0.3) is 11.8 Å². The van der Waals surface area contributed by atoms with E-state index in [2.05, 4.69) is 5.32 Å². The second-order valence-electron chi connectivity index (χ2n) is 8.75.